The van der Waals surface area contributed by atoms with Crippen LogP contribution in [-0.4, -0.2) is 34.6 Å². The standard InChI is InChI=1S/C18H27N3O2/c1-13-6-5-7-14(2)18(13)23-11-8-19-12-17-15(3)20-21(9-10-22)16(17)4/h5-7,19,22H,8-12H2,1-4H3. The van der Waals surface area contributed by atoms with E-state index in [1.54, 1.807) is 0 Å². The molecule has 5 nitrogen and oxygen atoms in total. The van der Waals surface area contributed by atoms with Crippen LogP contribution in [0.4, 0.5) is 0 Å². The summed E-state index contributed by atoms with van der Waals surface area (Å²) in [5.74, 6) is 0.984. The van der Waals surface area contributed by atoms with Crippen molar-refractivity contribution < 1.29 is 9.84 Å². The molecule has 0 fully saturated rings. The summed E-state index contributed by atoms with van der Waals surface area (Å²) in [6, 6.07) is 6.18. The molecule has 5 heteroatoms. The first-order valence-electron chi connectivity index (χ1n) is 8.08. The highest BCUT2D eigenvalue weighted by molar-refractivity contribution is 5.39. The van der Waals surface area contributed by atoms with E-state index in [0.29, 0.717) is 13.2 Å². The van der Waals surface area contributed by atoms with E-state index in [0.717, 1.165) is 30.2 Å². The van der Waals surface area contributed by atoms with Gasteiger partial charge < -0.3 is 15.2 Å². The van der Waals surface area contributed by atoms with Gasteiger partial charge in [-0.05, 0) is 38.8 Å². The van der Waals surface area contributed by atoms with E-state index in [-0.39, 0.29) is 6.61 Å². The Hall–Kier alpha value is -1.85. The third-order valence-corrected chi connectivity index (χ3v) is 4.08. The van der Waals surface area contributed by atoms with Gasteiger partial charge in [0.2, 0.25) is 0 Å². The number of rotatable bonds is 8. The minimum absolute atomic E-state index is 0.110. The van der Waals surface area contributed by atoms with E-state index in [1.165, 1.54) is 16.7 Å². The molecule has 1 aromatic carbocycles. The van der Waals surface area contributed by atoms with Gasteiger partial charge in [0.1, 0.15) is 12.4 Å². The molecule has 23 heavy (non-hydrogen) atoms. The van der Waals surface area contributed by atoms with E-state index in [4.69, 9.17) is 9.84 Å². The van der Waals surface area contributed by atoms with E-state index < -0.39 is 0 Å². The molecule has 0 radical (unpaired) electrons. The molecule has 0 saturated carbocycles. The quantitative estimate of drug-likeness (QED) is 0.733. The summed E-state index contributed by atoms with van der Waals surface area (Å²) >= 11 is 0. The minimum Gasteiger partial charge on any atom is -0.492 e. The Bertz CT molecular complexity index is 630. The second kappa shape index (κ2) is 8.13. The van der Waals surface area contributed by atoms with Crippen LogP contribution in [-0.2, 0) is 13.1 Å². The van der Waals surface area contributed by atoms with Crippen LogP contribution < -0.4 is 10.1 Å². The lowest BCUT2D eigenvalue weighted by atomic mass is 10.1. The summed E-state index contributed by atoms with van der Waals surface area (Å²) in [6.45, 7) is 11.0. The topological polar surface area (TPSA) is 59.3 Å². The van der Waals surface area contributed by atoms with Gasteiger partial charge in [-0.1, -0.05) is 18.2 Å². The summed E-state index contributed by atoms with van der Waals surface area (Å²) < 4.78 is 7.75. The lowest BCUT2D eigenvalue weighted by Crippen LogP contribution is -2.21. The number of para-hydroxylation sites is 1. The average Bonchev–Trinajstić information content (AvgIpc) is 2.77. The van der Waals surface area contributed by atoms with Gasteiger partial charge in [0, 0.05) is 24.3 Å². The normalized spacial score (nSPS) is 11.0. The molecule has 126 valence electrons. The Labute approximate surface area is 138 Å². The summed E-state index contributed by atoms with van der Waals surface area (Å²) in [7, 11) is 0. The molecule has 0 saturated heterocycles. The molecule has 1 aromatic heterocycles. The second-order valence-corrected chi connectivity index (χ2v) is 5.84. The van der Waals surface area contributed by atoms with Crippen LogP contribution in [0.2, 0.25) is 0 Å². The van der Waals surface area contributed by atoms with Crippen LogP contribution in [0.1, 0.15) is 28.1 Å². The lowest BCUT2D eigenvalue weighted by Gasteiger charge is -2.12. The van der Waals surface area contributed by atoms with Crippen molar-refractivity contribution in [2.75, 3.05) is 19.8 Å². The van der Waals surface area contributed by atoms with Gasteiger partial charge in [-0.3, -0.25) is 4.68 Å². The molecule has 0 amide bonds. The largest absolute Gasteiger partial charge is 0.492 e. The predicted octanol–water partition coefficient (Wildman–Crippen LogP) is 2.28. The summed E-state index contributed by atoms with van der Waals surface area (Å²) in [5, 5.41) is 16.9. The van der Waals surface area contributed by atoms with Crippen LogP contribution in [0.3, 0.4) is 0 Å². The number of nitrogens with one attached hydrogen (secondary N) is 1. The van der Waals surface area contributed by atoms with Crippen LogP contribution in [0.25, 0.3) is 0 Å². The summed E-state index contributed by atoms with van der Waals surface area (Å²) in [6.07, 6.45) is 0. The number of hydrogen-bond donors (Lipinski definition) is 2. The van der Waals surface area contributed by atoms with Crippen LogP contribution in [0.5, 0.6) is 5.75 Å². The van der Waals surface area contributed by atoms with Gasteiger partial charge in [0.05, 0.1) is 18.8 Å². The van der Waals surface area contributed by atoms with Crippen molar-refractivity contribution in [2.45, 2.75) is 40.8 Å². The highest BCUT2D eigenvalue weighted by Gasteiger charge is 2.10. The molecule has 0 spiro atoms. The van der Waals surface area contributed by atoms with E-state index in [1.807, 2.05) is 24.6 Å². The van der Waals surface area contributed by atoms with Crippen molar-refractivity contribution in [3.05, 3.63) is 46.3 Å². The molecular weight excluding hydrogens is 290 g/mol. The van der Waals surface area contributed by atoms with Crippen molar-refractivity contribution in [2.24, 2.45) is 0 Å². The average molecular weight is 317 g/mol. The highest BCUT2D eigenvalue weighted by atomic mass is 16.5. The van der Waals surface area contributed by atoms with Gasteiger partial charge in [-0.25, -0.2) is 0 Å². The first kappa shape index (κ1) is 17.5. The van der Waals surface area contributed by atoms with Crippen molar-refractivity contribution in [1.82, 2.24) is 15.1 Å². The van der Waals surface area contributed by atoms with Crippen LogP contribution in [0.15, 0.2) is 18.2 Å². The highest BCUT2D eigenvalue weighted by Crippen LogP contribution is 2.22. The maximum Gasteiger partial charge on any atom is 0.125 e. The molecule has 0 aliphatic rings. The Balaban J connectivity index is 1.82. The number of ether oxygens (including phenoxy) is 1. The summed E-state index contributed by atoms with van der Waals surface area (Å²) in [5.41, 5.74) is 5.66. The van der Waals surface area contributed by atoms with Gasteiger partial charge in [0.15, 0.2) is 0 Å². The molecule has 0 atom stereocenters. The molecule has 0 aliphatic heterocycles. The maximum atomic E-state index is 9.05. The Morgan fingerprint density at radius 2 is 1.87 bits per heavy atom. The number of aryl methyl sites for hydroxylation is 3. The van der Waals surface area contributed by atoms with E-state index in [9.17, 15) is 0 Å². The number of hydrogen-bond acceptors (Lipinski definition) is 4. The first-order valence-corrected chi connectivity index (χ1v) is 8.08. The SMILES string of the molecule is Cc1cccc(C)c1OCCNCc1c(C)nn(CCO)c1C. The minimum atomic E-state index is 0.110. The molecule has 2 rings (SSSR count). The number of aliphatic hydroxyl groups is 1. The zero-order chi connectivity index (χ0) is 16.8. The Morgan fingerprint density at radius 1 is 1.17 bits per heavy atom. The molecule has 0 bridgehead atoms. The fourth-order valence-corrected chi connectivity index (χ4v) is 2.77. The van der Waals surface area contributed by atoms with Gasteiger partial charge in [0.25, 0.3) is 0 Å². The van der Waals surface area contributed by atoms with E-state index in [2.05, 4.69) is 36.4 Å². The molecule has 0 unspecified atom stereocenters. The fourth-order valence-electron chi connectivity index (χ4n) is 2.77. The third-order valence-electron chi connectivity index (χ3n) is 4.08. The molecule has 1 heterocycles. The fraction of sp³-hybridized carbons (Fsp3) is 0.500. The smallest absolute Gasteiger partial charge is 0.125 e. The number of benzene rings is 1. The van der Waals surface area contributed by atoms with Crippen molar-refractivity contribution in [3.63, 3.8) is 0 Å². The van der Waals surface area contributed by atoms with E-state index >= 15 is 0 Å². The number of aliphatic hydroxyl groups excluding tert-OH is 1. The molecular formula is C18H27N3O2. The number of nitrogens with zero attached hydrogens (tertiary/aromatic N) is 2. The predicted molar refractivity (Wildman–Crippen MR) is 91.9 cm³/mol. The first-order chi connectivity index (χ1) is 11.0. The van der Waals surface area contributed by atoms with Gasteiger partial charge >= 0.3 is 0 Å². The Morgan fingerprint density at radius 3 is 2.52 bits per heavy atom. The van der Waals surface area contributed by atoms with Gasteiger partial charge in [-0.15, -0.1) is 0 Å². The lowest BCUT2D eigenvalue weighted by molar-refractivity contribution is 0.267. The van der Waals surface area contributed by atoms with Crippen molar-refractivity contribution >= 4 is 0 Å². The van der Waals surface area contributed by atoms with Gasteiger partial charge in [-0.2, -0.15) is 5.10 Å². The van der Waals surface area contributed by atoms with Crippen LogP contribution in [0, 0.1) is 27.7 Å². The molecule has 2 N–H and O–H groups in total. The van der Waals surface area contributed by atoms with Crippen LogP contribution >= 0.6 is 0 Å². The third kappa shape index (κ3) is 4.33. The molecule has 2 aromatic rings. The zero-order valence-corrected chi connectivity index (χ0v) is 14.5. The number of aromatic nitrogens is 2. The second-order valence-electron chi connectivity index (χ2n) is 5.84. The maximum absolute atomic E-state index is 9.05. The zero-order valence-electron chi connectivity index (χ0n) is 14.5. The Kier molecular flexibility index (Phi) is 6.19. The monoisotopic (exact) mass is 317 g/mol. The van der Waals surface area contributed by atoms with Crippen molar-refractivity contribution in [3.8, 4) is 5.75 Å². The summed E-state index contributed by atoms with van der Waals surface area (Å²) in [4.78, 5) is 0. The molecule has 0 aliphatic carbocycles. The van der Waals surface area contributed by atoms with Crippen molar-refractivity contribution in [1.29, 1.82) is 0 Å².